The molecule has 0 atom stereocenters. The van der Waals surface area contributed by atoms with Crippen LogP contribution in [-0.2, 0) is 4.79 Å². The van der Waals surface area contributed by atoms with E-state index in [2.05, 4.69) is 6.58 Å². The van der Waals surface area contributed by atoms with Gasteiger partial charge in [-0.2, -0.15) is 0 Å². The highest BCUT2D eigenvalue weighted by molar-refractivity contribution is 5.89. The summed E-state index contributed by atoms with van der Waals surface area (Å²) in [6.45, 7) is 5.33. The molecule has 0 bridgehead atoms. The molecule has 3 heteroatoms. The zero-order chi connectivity index (χ0) is 12.7. The maximum Gasteiger partial charge on any atom is 0.338 e. The van der Waals surface area contributed by atoms with Crippen LogP contribution in [0, 0.1) is 0 Å². The largest absolute Gasteiger partial charge is 0.423 e. The van der Waals surface area contributed by atoms with Crippen LogP contribution in [0.25, 0.3) is 6.08 Å². The minimum Gasteiger partial charge on any atom is -0.423 e. The van der Waals surface area contributed by atoms with E-state index in [-0.39, 0.29) is 6.61 Å². The monoisotopic (exact) mass is 232 g/mol. The fraction of sp³-hybridized carbons (Fsp3) is 0.214. The first-order valence-electron chi connectivity index (χ1n) is 5.39. The molecule has 0 spiro atoms. The number of carbonyl (C=O) groups is 1. The van der Waals surface area contributed by atoms with Crippen LogP contribution in [0.3, 0.4) is 0 Å². The lowest BCUT2D eigenvalue weighted by Crippen LogP contribution is -2.09. The Morgan fingerprint density at radius 2 is 2.06 bits per heavy atom. The molecular formula is C14H16O3. The quantitative estimate of drug-likeness (QED) is 0.482. The second-order valence-corrected chi connectivity index (χ2v) is 3.56. The van der Waals surface area contributed by atoms with E-state index < -0.39 is 5.97 Å². The van der Waals surface area contributed by atoms with Crippen LogP contribution in [0.15, 0.2) is 42.5 Å². The molecule has 0 saturated carbocycles. The molecule has 0 radical (unpaired) electrons. The number of aliphatic hydroxyl groups is 1. The average molecular weight is 232 g/mol. The summed E-state index contributed by atoms with van der Waals surface area (Å²) < 4.78 is 5.15. The van der Waals surface area contributed by atoms with Crippen LogP contribution >= 0.6 is 0 Å². The number of ether oxygens (including phenoxy) is 1. The third-order valence-corrected chi connectivity index (χ3v) is 2.23. The van der Waals surface area contributed by atoms with Gasteiger partial charge in [-0.15, -0.1) is 0 Å². The van der Waals surface area contributed by atoms with E-state index in [0.29, 0.717) is 17.7 Å². The number of rotatable bonds is 5. The molecule has 0 aliphatic heterocycles. The summed E-state index contributed by atoms with van der Waals surface area (Å²) in [5.41, 5.74) is 1.46. The van der Waals surface area contributed by atoms with Gasteiger partial charge in [-0.25, -0.2) is 4.79 Å². The fourth-order valence-corrected chi connectivity index (χ4v) is 1.22. The number of hydrogen-bond acceptors (Lipinski definition) is 3. The van der Waals surface area contributed by atoms with Gasteiger partial charge in [0.2, 0.25) is 0 Å². The van der Waals surface area contributed by atoms with Crippen LogP contribution in [-0.4, -0.2) is 17.7 Å². The van der Waals surface area contributed by atoms with Crippen molar-refractivity contribution in [2.75, 3.05) is 6.61 Å². The van der Waals surface area contributed by atoms with Crippen LogP contribution in [0.5, 0.6) is 5.75 Å². The van der Waals surface area contributed by atoms with Crippen molar-refractivity contribution in [3.05, 3.63) is 48.1 Å². The lowest BCUT2D eigenvalue weighted by molar-refractivity contribution is -0.130. The van der Waals surface area contributed by atoms with Crippen molar-refractivity contribution in [2.24, 2.45) is 0 Å². The highest BCUT2D eigenvalue weighted by Gasteiger charge is 2.06. The molecule has 0 amide bonds. The van der Waals surface area contributed by atoms with Gasteiger partial charge in [-0.3, -0.25) is 0 Å². The minimum atomic E-state index is -0.398. The Morgan fingerprint density at radius 1 is 1.41 bits per heavy atom. The third kappa shape index (κ3) is 4.25. The van der Waals surface area contributed by atoms with Gasteiger partial charge in [0.15, 0.2) is 0 Å². The molecule has 0 aromatic heterocycles. The number of aliphatic hydroxyl groups excluding tert-OH is 1. The lowest BCUT2D eigenvalue weighted by atomic mass is 10.2. The van der Waals surface area contributed by atoms with Gasteiger partial charge in [-0.1, -0.05) is 30.9 Å². The van der Waals surface area contributed by atoms with E-state index in [1.807, 2.05) is 12.1 Å². The summed E-state index contributed by atoms with van der Waals surface area (Å²) in [5.74, 6) is 0.0992. The summed E-state index contributed by atoms with van der Waals surface area (Å²) in [7, 11) is 0. The smallest absolute Gasteiger partial charge is 0.338 e. The van der Waals surface area contributed by atoms with E-state index in [9.17, 15) is 4.79 Å². The van der Waals surface area contributed by atoms with Gasteiger partial charge in [0.25, 0.3) is 0 Å². The summed E-state index contributed by atoms with van der Waals surface area (Å²) >= 11 is 0. The van der Waals surface area contributed by atoms with Crippen LogP contribution < -0.4 is 4.74 Å². The zero-order valence-electron chi connectivity index (χ0n) is 9.85. The predicted molar refractivity (Wildman–Crippen MR) is 67.6 cm³/mol. The van der Waals surface area contributed by atoms with Gasteiger partial charge >= 0.3 is 5.97 Å². The molecular weight excluding hydrogens is 216 g/mol. The van der Waals surface area contributed by atoms with Crippen molar-refractivity contribution in [3.8, 4) is 5.75 Å². The highest BCUT2D eigenvalue weighted by atomic mass is 16.5. The number of hydrogen-bond donors (Lipinski definition) is 1. The Bertz CT molecular complexity index is 416. The summed E-state index contributed by atoms with van der Waals surface area (Å²) in [6, 6.07) is 7.08. The van der Waals surface area contributed by atoms with Gasteiger partial charge < -0.3 is 9.84 Å². The molecule has 0 aliphatic rings. The summed E-state index contributed by atoms with van der Waals surface area (Å²) in [6.07, 6.45) is 3.83. The standard InChI is InChI=1S/C14H16O3/c1-3-12-6-8-13(9-7-12)17-14(16)11(2)5-4-10-15/h3,5-9,15H,1,4,10H2,2H3. The Balaban J connectivity index is 2.64. The minimum absolute atomic E-state index is 0.0264. The van der Waals surface area contributed by atoms with Gasteiger partial charge in [0.1, 0.15) is 5.75 Å². The second kappa shape index (κ2) is 6.66. The normalized spacial score (nSPS) is 11.1. The van der Waals surface area contributed by atoms with E-state index in [4.69, 9.17) is 9.84 Å². The molecule has 90 valence electrons. The second-order valence-electron chi connectivity index (χ2n) is 3.56. The summed E-state index contributed by atoms with van der Waals surface area (Å²) in [5, 5.41) is 8.64. The SMILES string of the molecule is C=Cc1ccc(OC(=O)C(C)=CCCO)cc1. The van der Waals surface area contributed by atoms with Crippen LogP contribution in [0.4, 0.5) is 0 Å². The van der Waals surface area contributed by atoms with Crippen molar-refractivity contribution in [3.63, 3.8) is 0 Å². The van der Waals surface area contributed by atoms with E-state index in [1.54, 1.807) is 31.2 Å². The average Bonchev–Trinajstić information content (AvgIpc) is 2.36. The molecule has 0 aliphatic carbocycles. The van der Waals surface area contributed by atoms with E-state index in [1.165, 1.54) is 0 Å². The molecule has 0 heterocycles. The maximum atomic E-state index is 11.6. The van der Waals surface area contributed by atoms with Crippen molar-refractivity contribution < 1.29 is 14.6 Å². The molecule has 1 aromatic carbocycles. The first kappa shape index (κ1) is 13.2. The Labute approximate surface area is 101 Å². The summed E-state index contributed by atoms with van der Waals surface area (Å²) in [4.78, 5) is 11.6. The van der Waals surface area contributed by atoms with Crippen molar-refractivity contribution in [1.29, 1.82) is 0 Å². The molecule has 0 saturated heterocycles. The van der Waals surface area contributed by atoms with E-state index in [0.717, 1.165) is 5.56 Å². The van der Waals surface area contributed by atoms with E-state index >= 15 is 0 Å². The van der Waals surface area contributed by atoms with Crippen molar-refractivity contribution in [2.45, 2.75) is 13.3 Å². The molecule has 1 aromatic rings. The Kier molecular flexibility index (Phi) is 5.17. The lowest BCUT2D eigenvalue weighted by Gasteiger charge is -2.04. The molecule has 17 heavy (non-hydrogen) atoms. The Hall–Kier alpha value is -1.87. The molecule has 3 nitrogen and oxygen atoms in total. The van der Waals surface area contributed by atoms with Crippen molar-refractivity contribution in [1.82, 2.24) is 0 Å². The number of esters is 1. The van der Waals surface area contributed by atoms with Gasteiger partial charge in [0.05, 0.1) is 0 Å². The fourth-order valence-electron chi connectivity index (χ4n) is 1.22. The van der Waals surface area contributed by atoms with Gasteiger partial charge in [-0.05, 0) is 31.0 Å². The topological polar surface area (TPSA) is 46.5 Å². The first-order chi connectivity index (χ1) is 8.17. The maximum absolute atomic E-state index is 11.6. The molecule has 1 N–H and O–H groups in total. The van der Waals surface area contributed by atoms with Crippen molar-refractivity contribution >= 4 is 12.0 Å². The predicted octanol–water partition coefficient (Wildman–Crippen LogP) is 2.56. The first-order valence-corrected chi connectivity index (χ1v) is 5.39. The third-order valence-electron chi connectivity index (χ3n) is 2.23. The zero-order valence-corrected chi connectivity index (χ0v) is 9.85. The molecule has 0 unspecified atom stereocenters. The number of carbonyl (C=O) groups excluding carboxylic acids is 1. The van der Waals surface area contributed by atoms with Gasteiger partial charge in [0, 0.05) is 12.2 Å². The number of benzene rings is 1. The molecule has 0 fully saturated rings. The van der Waals surface area contributed by atoms with Crippen LogP contribution in [0.1, 0.15) is 18.9 Å². The highest BCUT2D eigenvalue weighted by Crippen LogP contribution is 2.14. The molecule has 1 rings (SSSR count). The Morgan fingerprint density at radius 3 is 2.59 bits per heavy atom. The van der Waals surface area contributed by atoms with Crippen LogP contribution in [0.2, 0.25) is 0 Å².